The van der Waals surface area contributed by atoms with Crippen LogP contribution in [0.15, 0.2) is 146 Å². The molecule has 0 saturated carbocycles. The van der Waals surface area contributed by atoms with Crippen molar-refractivity contribution in [3.05, 3.63) is 235 Å². The van der Waals surface area contributed by atoms with Crippen molar-refractivity contribution in [2.75, 3.05) is 0 Å². The van der Waals surface area contributed by atoms with Crippen molar-refractivity contribution in [2.45, 2.75) is 259 Å². The number of hydrogen-bond donors (Lipinski definition) is 0. The van der Waals surface area contributed by atoms with E-state index < -0.39 is 101 Å². The van der Waals surface area contributed by atoms with Gasteiger partial charge in [-0.15, -0.1) is 0 Å². The minimum absolute atomic E-state index is 0.0237. The van der Waals surface area contributed by atoms with Gasteiger partial charge >= 0.3 is 41.3 Å². The average molecular weight is 1620 g/mol. The van der Waals surface area contributed by atoms with E-state index in [2.05, 4.69) is 86.6 Å². The van der Waals surface area contributed by atoms with Crippen LogP contribution in [0, 0.1) is 61.3 Å². The van der Waals surface area contributed by atoms with E-state index >= 15 is 0 Å². The standard InChI is InChI=1S/C12H16O.C11H9F5O.C11H10F4O.C11H11F3O.2C11H12F2O.C11H13FO.C11H14O/c1-8-4-5-12-11(6-8)7-9(2)10(3)13-12;1-6-3-4-8-7(5-6)10(13,14)11(15,16)9(2,12)17-8;1-6-3-4-9-8(5-6)11(14,15)10(12,13)7(2)16-9;1-7-3-4-9-8(5-7)6-11(13,14)10(2,12)15-9;1-7-3-4-10-9(5-7)6-11(12,13)8(2)14-10;1-7-3-4-10-9(5-7)11(12,13)6-8(2)14-10;1-8-3-4-10-9(7-8)5-6-11(2,12)13-10;1-8-3-6-11-10(7-8)5-4-9(2)12-11/h4-6,9-10H,7H2,1-3H3;3-5H,1-2H3;3-5,7H,1-2H3;3-5H,6H2,1-2H3;2*3-5,8H,6H2,1-2H3;3-4,7H,5-6H2,1-2H3;3,6-7,9H,4-5H2,1-2H3. The first kappa shape index (κ1) is 88.9. The van der Waals surface area contributed by atoms with Crippen molar-refractivity contribution in [3.8, 4) is 46.0 Å². The van der Waals surface area contributed by atoms with Gasteiger partial charge in [0, 0.05) is 51.2 Å². The molecule has 0 aromatic heterocycles. The molecule has 0 aliphatic carbocycles. The molecule has 8 aromatic carbocycles. The second-order valence-corrected chi connectivity index (χ2v) is 31.3. The number of fused-ring (bicyclic) bond motifs is 8. The van der Waals surface area contributed by atoms with Gasteiger partial charge in [-0.05, 0) is 205 Å². The molecule has 0 saturated heterocycles. The predicted molar refractivity (Wildman–Crippen MR) is 403 cm³/mol. The number of ether oxygens (including phenoxy) is 8. The Balaban J connectivity index is 0.000000149. The molecule has 0 bridgehead atoms. The van der Waals surface area contributed by atoms with Gasteiger partial charge in [0.05, 0.1) is 35.3 Å². The Hall–Kier alpha value is -9.03. The van der Waals surface area contributed by atoms with Crippen LogP contribution >= 0.6 is 0 Å². The maximum atomic E-state index is 13.6. The van der Waals surface area contributed by atoms with E-state index in [1.165, 1.54) is 72.9 Å². The summed E-state index contributed by atoms with van der Waals surface area (Å²) in [6.45, 7) is 27.9. The number of hydrogen-bond acceptors (Lipinski definition) is 8. The van der Waals surface area contributed by atoms with Crippen LogP contribution in [0.3, 0.4) is 0 Å². The fraction of sp³-hybridized carbons (Fsp3) is 0.461. The summed E-state index contributed by atoms with van der Waals surface area (Å²) < 4.78 is 269. The Morgan fingerprint density at radius 3 is 1.24 bits per heavy atom. The first-order chi connectivity index (χ1) is 52.6. The summed E-state index contributed by atoms with van der Waals surface area (Å²) in [4.78, 5) is 0. The highest BCUT2D eigenvalue weighted by molar-refractivity contribution is 5.48. The summed E-state index contributed by atoms with van der Waals surface area (Å²) in [5, 5.41) is 0. The van der Waals surface area contributed by atoms with Crippen molar-refractivity contribution in [2.24, 2.45) is 5.92 Å². The van der Waals surface area contributed by atoms with Crippen molar-refractivity contribution in [1.82, 2.24) is 0 Å². The highest BCUT2D eigenvalue weighted by Crippen LogP contribution is 2.58. The molecule has 8 aliphatic heterocycles. The highest BCUT2D eigenvalue weighted by Gasteiger charge is 2.74. The minimum Gasteiger partial charge on any atom is -0.490 e. The minimum atomic E-state index is -4.92. The maximum Gasteiger partial charge on any atom is 0.382 e. The maximum absolute atomic E-state index is 13.6. The van der Waals surface area contributed by atoms with E-state index in [4.69, 9.17) is 28.4 Å². The molecule has 114 heavy (non-hydrogen) atoms. The molecule has 25 heteroatoms. The quantitative estimate of drug-likeness (QED) is 0.139. The van der Waals surface area contributed by atoms with Crippen LogP contribution in [0.4, 0.5) is 74.6 Å². The van der Waals surface area contributed by atoms with Gasteiger partial charge in [-0.3, -0.25) is 0 Å². The predicted octanol–water partition coefficient (Wildman–Crippen LogP) is 25.4. The largest absolute Gasteiger partial charge is 0.490 e. The third-order valence-electron chi connectivity index (χ3n) is 20.6. The number of alkyl halides is 17. The molecule has 0 N–H and O–H groups in total. The van der Waals surface area contributed by atoms with Gasteiger partial charge in [-0.2, -0.15) is 57.1 Å². The second-order valence-electron chi connectivity index (χ2n) is 31.3. The molecule has 9 atom stereocenters. The van der Waals surface area contributed by atoms with Gasteiger partial charge < -0.3 is 37.9 Å². The zero-order chi connectivity index (χ0) is 84.6. The summed E-state index contributed by atoms with van der Waals surface area (Å²) in [6.07, 6.45) is 1.08. The monoisotopic (exact) mass is 1620 g/mol. The average Bonchev–Trinajstić information content (AvgIpc) is 0.716. The van der Waals surface area contributed by atoms with E-state index in [0.717, 1.165) is 91.5 Å². The number of rotatable bonds is 0. The lowest BCUT2D eigenvalue weighted by atomic mass is 9.92. The summed E-state index contributed by atoms with van der Waals surface area (Å²) in [5.41, 5.74) is 10.5. The molecular weight excluding hydrogens is 1520 g/mol. The van der Waals surface area contributed by atoms with Gasteiger partial charge in [0.25, 0.3) is 11.8 Å². The van der Waals surface area contributed by atoms with Gasteiger partial charge in [0.15, 0.2) is 12.2 Å². The molecule has 16 rings (SSSR count). The summed E-state index contributed by atoms with van der Waals surface area (Å²) in [7, 11) is 0. The molecule has 0 radical (unpaired) electrons. The van der Waals surface area contributed by atoms with Crippen molar-refractivity contribution >= 4 is 0 Å². The zero-order valence-electron chi connectivity index (χ0n) is 66.7. The smallest absolute Gasteiger partial charge is 0.382 e. The Morgan fingerprint density at radius 1 is 0.333 bits per heavy atom. The van der Waals surface area contributed by atoms with E-state index in [1.807, 2.05) is 32.0 Å². The lowest BCUT2D eigenvalue weighted by Crippen LogP contribution is -2.59. The number of aryl methyl sites for hydroxylation is 10. The van der Waals surface area contributed by atoms with Crippen LogP contribution in [0.1, 0.15) is 171 Å². The van der Waals surface area contributed by atoms with Crippen LogP contribution in [0.2, 0.25) is 0 Å². The molecule has 8 heterocycles. The van der Waals surface area contributed by atoms with E-state index in [0.29, 0.717) is 71.0 Å². The number of benzene rings is 8. The van der Waals surface area contributed by atoms with Crippen molar-refractivity contribution in [3.63, 3.8) is 0 Å². The Bertz CT molecular complexity index is 4710. The summed E-state index contributed by atoms with van der Waals surface area (Å²) in [5.74, 6) is -31.1. The summed E-state index contributed by atoms with van der Waals surface area (Å²) >= 11 is 0. The Labute approximate surface area is 655 Å². The topological polar surface area (TPSA) is 73.8 Å². The van der Waals surface area contributed by atoms with Crippen LogP contribution in [0.5, 0.6) is 46.0 Å². The second kappa shape index (κ2) is 33.7. The van der Waals surface area contributed by atoms with Crippen LogP contribution < -0.4 is 37.9 Å². The molecule has 8 nitrogen and oxygen atoms in total. The van der Waals surface area contributed by atoms with E-state index in [9.17, 15) is 74.6 Å². The Morgan fingerprint density at radius 2 is 0.711 bits per heavy atom. The van der Waals surface area contributed by atoms with Gasteiger partial charge in [0.1, 0.15) is 52.1 Å². The van der Waals surface area contributed by atoms with Gasteiger partial charge in [0.2, 0.25) is 5.85 Å². The highest BCUT2D eigenvalue weighted by atomic mass is 19.3. The van der Waals surface area contributed by atoms with Crippen LogP contribution in [-0.4, -0.2) is 71.8 Å². The SMILES string of the molecule is Cc1ccc2c(c1)C(F)(F)C(F)(F)C(C)(F)O2.Cc1ccc2c(c1)C(F)(F)C(F)(F)C(C)O2.Cc1ccc2c(c1)C(F)(F)CC(C)O2.Cc1ccc2c(c1)CC(C)C(C)O2.Cc1ccc2c(c1)CC(F)(F)C(C)(F)O2.Cc1ccc2c(c1)CC(F)(F)C(C)O2.Cc1ccc2c(c1)CCC(C)(F)O2.Cc1ccc2c(c1)CCC(C)O2. The lowest BCUT2D eigenvalue weighted by Gasteiger charge is -2.40. The molecule has 620 valence electrons. The van der Waals surface area contributed by atoms with E-state index in [-0.39, 0.29) is 29.9 Å². The molecular formula is C89H97F17O8. The molecule has 9 unspecified atom stereocenters. The number of halogens is 17. The Kier molecular flexibility index (Phi) is 26.3. The molecule has 8 aromatic rings. The van der Waals surface area contributed by atoms with E-state index in [1.54, 1.807) is 70.2 Å². The van der Waals surface area contributed by atoms with Crippen molar-refractivity contribution < 1.29 is 113 Å². The fourth-order valence-corrected chi connectivity index (χ4v) is 13.5. The zero-order valence-corrected chi connectivity index (χ0v) is 66.7. The lowest BCUT2D eigenvalue weighted by molar-refractivity contribution is -0.336. The normalized spacial score (nSPS) is 25.8. The first-order valence-corrected chi connectivity index (χ1v) is 37.6. The molecule has 0 amide bonds. The fourth-order valence-electron chi connectivity index (χ4n) is 13.5. The molecule has 8 aliphatic rings. The van der Waals surface area contributed by atoms with Crippen LogP contribution in [0.25, 0.3) is 0 Å². The molecule has 0 fully saturated rings. The third kappa shape index (κ3) is 20.2. The molecule has 0 spiro atoms. The van der Waals surface area contributed by atoms with Crippen LogP contribution in [-0.2, 0) is 49.9 Å². The van der Waals surface area contributed by atoms with Gasteiger partial charge in [-0.25, -0.2) is 17.6 Å². The third-order valence-corrected chi connectivity index (χ3v) is 20.6. The van der Waals surface area contributed by atoms with Gasteiger partial charge in [-0.1, -0.05) is 130 Å². The first-order valence-electron chi connectivity index (χ1n) is 37.6. The summed E-state index contributed by atoms with van der Waals surface area (Å²) in [6, 6.07) is 41.0. The van der Waals surface area contributed by atoms with Crippen molar-refractivity contribution in [1.29, 1.82) is 0 Å².